The normalized spacial score (nSPS) is 21.3. The van der Waals surface area contributed by atoms with Crippen molar-refractivity contribution in [2.24, 2.45) is 0 Å². The number of hydrogen-bond acceptors (Lipinski definition) is 3. The van der Waals surface area contributed by atoms with Gasteiger partial charge in [-0.3, -0.25) is 4.98 Å². The zero-order valence-corrected chi connectivity index (χ0v) is 15.0. The summed E-state index contributed by atoms with van der Waals surface area (Å²) in [5.74, 6) is 0. The van der Waals surface area contributed by atoms with Crippen molar-refractivity contribution in [3.05, 3.63) is 22.3 Å². The van der Waals surface area contributed by atoms with Gasteiger partial charge in [-0.2, -0.15) is 0 Å². The predicted octanol–water partition coefficient (Wildman–Crippen LogP) is 3.44. The largest absolute Gasteiger partial charge is 0.514 e. The molecule has 1 aromatic rings. The molecule has 1 fully saturated rings. The van der Waals surface area contributed by atoms with Crippen LogP contribution in [-0.4, -0.2) is 23.3 Å². The highest BCUT2D eigenvalue weighted by molar-refractivity contribution is 9.10. The molecule has 0 amide bonds. The van der Waals surface area contributed by atoms with Gasteiger partial charge in [-0.15, -0.1) is 0 Å². The Balaban J connectivity index is 2.38. The Kier molecular flexibility index (Phi) is 3.85. The van der Waals surface area contributed by atoms with E-state index in [4.69, 9.17) is 14.3 Å². The van der Waals surface area contributed by atoms with Crippen LogP contribution in [0.4, 0.5) is 0 Å². The summed E-state index contributed by atoms with van der Waals surface area (Å²) in [4.78, 5) is 4.74. The number of nitrogens with zero attached hydrogens (tertiary/aromatic N) is 1. The third-order valence-electron chi connectivity index (χ3n) is 4.07. The summed E-state index contributed by atoms with van der Waals surface area (Å²) in [6, 6.07) is 4.02. The summed E-state index contributed by atoms with van der Waals surface area (Å²) in [5.41, 5.74) is 1.15. The molecule has 1 aromatic heterocycles. The average molecular weight is 340 g/mol. The predicted molar refractivity (Wildman–Crippen MR) is 86.4 cm³/mol. The first-order valence-corrected chi connectivity index (χ1v) is 7.75. The van der Waals surface area contributed by atoms with Crippen LogP contribution >= 0.6 is 15.9 Å². The van der Waals surface area contributed by atoms with E-state index >= 15 is 0 Å². The summed E-state index contributed by atoms with van der Waals surface area (Å²) in [7, 11) is -0.418. The summed E-state index contributed by atoms with van der Waals surface area (Å²) >= 11 is 3.56. The number of hydrogen-bond donors (Lipinski definition) is 0. The number of rotatable bonds is 1. The van der Waals surface area contributed by atoms with E-state index in [2.05, 4.69) is 70.5 Å². The maximum absolute atomic E-state index is 6.07. The second-order valence-corrected chi connectivity index (χ2v) is 8.35. The van der Waals surface area contributed by atoms with Gasteiger partial charge in [-0.1, -0.05) is 36.7 Å². The molecular weight excluding hydrogens is 317 g/mol. The molecule has 0 radical (unpaired) electrons. The van der Waals surface area contributed by atoms with Crippen molar-refractivity contribution in [1.29, 1.82) is 0 Å². The fraction of sp³-hybridized carbons (Fsp3) is 0.667. The van der Waals surface area contributed by atoms with E-state index in [0.29, 0.717) is 0 Å². The van der Waals surface area contributed by atoms with Crippen LogP contribution < -0.4 is 5.59 Å². The highest BCUT2D eigenvalue weighted by Gasteiger charge is 2.52. The molecule has 2 rings (SSSR count). The van der Waals surface area contributed by atoms with E-state index in [0.717, 1.165) is 15.8 Å². The molecule has 2 heterocycles. The van der Waals surface area contributed by atoms with Crippen molar-refractivity contribution in [3.63, 3.8) is 0 Å². The standard InChI is InChI=1S/C15H23BBrNO2/c1-13(2,3)11-8-10(17)9-12(18-11)16-19-14(4,5)15(6,7)20-16/h8-9H,1-7H3. The van der Waals surface area contributed by atoms with Gasteiger partial charge in [0.05, 0.1) is 16.8 Å². The molecule has 1 saturated heterocycles. The van der Waals surface area contributed by atoms with E-state index in [1.807, 2.05) is 6.07 Å². The molecule has 110 valence electrons. The number of aromatic nitrogens is 1. The molecule has 0 aromatic carbocycles. The minimum absolute atomic E-state index is 0.0117. The SMILES string of the molecule is CC(C)(C)c1cc(Br)cc(B2OC(C)(C)C(C)(C)O2)n1. The van der Waals surface area contributed by atoms with E-state index in [1.165, 1.54) is 0 Å². The van der Waals surface area contributed by atoms with Gasteiger partial charge in [-0.05, 0) is 39.8 Å². The van der Waals surface area contributed by atoms with E-state index in [1.54, 1.807) is 0 Å². The Hall–Kier alpha value is -0.385. The lowest BCUT2D eigenvalue weighted by Gasteiger charge is -2.32. The number of halogens is 1. The van der Waals surface area contributed by atoms with Crippen LogP contribution in [0.5, 0.6) is 0 Å². The quantitative estimate of drug-likeness (QED) is 0.734. The molecule has 3 nitrogen and oxygen atoms in total. The second kappa shape index (κ2) is 4.82. The van der Waals surface area contributed by atoms with Gasteiger partial charge < -0.3 is 9.31 Å². The van der Waals surface area contributed by atoms with Crippen molar-refractivity contribution in [2.75, 3.05) is 0 Å². The van der Waals surface area contributed by atoms with Crippen LogP contribution in [0.25, 0.3) is 0 Å². The maximum Gasteiger partial charge on any atom is 0.514 e. The van der Waals surface area contributed by atoms with Gasteiger partial charge in [0.15, 0.2) is 0 Å². The van der Waals surface area contributed by atoms with Crippen molar-refractivity contribution >= 4 is 28.6 Å². The molecule has 0 spiro atoms. The summed E-state index contributed by atoms with van der Waals surface area (Å²) in [5, 5.41) is 0. The molecule has 0 saturated carbocycles. The van der Waals surface area contributed by atoms with Crippen LogP contribution in [0.1, 0.15) is 54.2 Å². The first-order chi connectivity index (χ1) is 8.92. The second-order valence-electron chi connectivity index (χ2n) is 7.43. The first kappa shape index (κ1) is 16.0. The van der Waals surface area contributed by atoms with E-state index in [9.17, 15) is 0 Å². The van der Waals surface area contributed by atoms with Crippen molar-refractivity contribution in [1.82, 2.24) is 4.98 Å². The minimum Gasteiger partial charge on any atom is -0.398 e. The average Bonchev–Trinajstić information content (AvgIpc) is 2.46. The molecule has 1 aliphatic rings. The topological polar surface area (TPSA) is 31.4 Å². The monoisotopic (exact) mass is 339 g/mol. The number of pyridine rings is 1. The smallest absolute Gasteiger partial charge is 0.398 e. The van der Waals surface area contributed by atoms with Crippen LogP contribution in [0.2, 0.25) is 0 Å². The van der Waals surface area contributed by atoms with E-state index in [-0.39, 0.29) is 16.6 Å². The van der Waals surface area contributed by atoms with Crippen LogP contribution in [0.15, 0.2) is 16.6 Å². The fourth-order valence-electron chi connectivity index (χ4n) is 1.99. The lowest BCUT2D eigenvalue weighted by molar-refractivity contribution is 0.00578. The molecule has 20 heavy (non-hydrogen) atoms. The zero-order chi connectivity index (χ0) is 15.3. The third kappa shape index (κ3) is 2.95. The van der Waals surface area contributed by atoms with Gasteiger partial charge in [-0.25, -0.2) is 0 Å². The Morgan fingerprint density at radius 1 is 1.05 bits per heavy atom. The van der Waals surface area contributed by atoms with Crippen LogP contribution in [0.3, 0.4) is 0 Å². The zero-order valence-electron chi connectivity index (χ0n) is 13.4. The highest BCUT2D eigenvalue weighted by atomic mass is 79.9. The van der Waals surface area contributed by atoms with Gasteiger partial charge >= 0.3 is 7.12 Å². The lowest BCUT2D eigenvalue weighted by atomic mass is 9.82. The molecule has 5 heteroatoms. The molecular formula is C15H23BBrNO2. The summed E-state index contributed by atoms with van der Waals surface area (Å²) in [6.45, 7) is 14.7. The molecule has 0 unspecified atom stereocenters. The highest BCUT2D eigenvalue weighted by Crippen LogP contribution is 2.36. The Labute approximate surface area is 130 Å². The minimum atomic E-state index is -0.418. The van der Waals surface area contributed by atoms with Crippen LogP contribution in [0, 0.1) is 0 Å². The van der Waals surface area contributed by atoms with Crippen molar-refractivity contribution < 1.29 is 9.31 Å². The third-order valence-corrected chi connectivity index (χ3v) is 4.53. The van der Waals surface area contributed by atoms with Gasteiger partial charge in [0, 0.05) is 15.6 Å². The fourth-order valence-corrected chi connectivity index (χ4v) is 2.44. The molecule has 0 aliphatic carbocycles. The van der Waals surface area contributed by atoms with Gasteiger partial charge in [0.1, 0.15) is 0 Å². The Morgan fingerprint density at radius 2 is 1.55 bits per heavy atom. The molecule has 1 aliphatic heterocycles. The summed E-state index contributed by atoms with van der Waals surface area (Å²) in [6.07, 6.45) is 0. The molecule has 0 atom stereocenters. The lowest BCUT2D eigenvalue weighted by Crippen LogP contribution is -2.41. The molecule has 0 N–H and O–H groups in total. The van der Waals surface area contributed by atoms with Gasteiger partial charge in [0.2, 0.25) is 0 Å². The first-order valence-electron chi connectivity index (χ1n) is 6.96. The van der Waals surface area contributed by atoms with Crippen LogP contribution in [-0.2, 0) is 14.7 Å². The summed E-state index contributed by atoms with van der Waals surface area (Å²) < 4.78 is 13.1. The van der Waals surface area contributed by atoms with Crippen molar-refractivity contribution in [3.8, 4) is 0 Å². The Bertz CT molecular complexity index is 507. The Morgan fingerprint density at radius 3 is 2.00 bits per heavy atom. The van der Waals surface area contributed by atoms with Gasteiger partial charge in [0.25, 0.3) is 0 Å². The van der Waals surface area contributed by atoms with Crippen molar-refractivity contribution in [2.45, 2.75) is 65.1 Å². The molecule has 0 bridgehead atoms. The van der Waals surface area contributed by atoms with E-state index < -0.39 is 7.12 Å². The maximum atomic E-state index is 6.07.